The Hall–Kier alpha value is -2.03. The molecule has 0 atom stereocenters. The molecule has 0 unspecified atom stereocenters. The minimum atomic E-state index is 0.137. The maximum absolute atomic E-state index is 10.5. The minimum Gasteiger partial charge on any atom is -0.486 e. The van der Waals surface area contributed by atoms with E-state index in [1.807, 2.05) is 12.1 Å². The third kappa shape index (κ3) is 3.47. The van der Waals surface area contributed by atoms with E-state index in [4.69, 9.17) is 9.15 Å². The summed E-state index contributed by atoms with van der Waals surface area (Å²) in [6.07, 6.45) is 0.682. The molecule has 0 aliphatic heterocycles. The lowest BCUT2D eigenvalue weighted by atomic mass is 9.87. The van der Waals surface area contributed by atoms with Gasteiger partial charge in [-0.05, 0) is 35.2 Å². The van der Waals surface area contributed by atoms with Crippen LogP contribution in [0.1, 0.15) is 42.6 Å². The first-order valence-corrected chi connectivity index (χ1v) is 6.26. The second-order valence-electron chi connectivity index (χ2n) is 5.48. The highest BCUT2D eigenvalue weighted by Crippen LogP contribution is 2.24. The molecular formula is C16H18O3. The van der Waals surface area contributed by atoms with E-state index >= 15 is 0 Å². The number of hydrogen-bond donors (Lipinski definition) is 0. The van der Waals surface area contributed by atoms with E-state index in [2.05, 4.69) is 32.9 Å². The maximum atomic E-state index is 10.5. The number of aldehydes is 1. The summed E-state index contributed by atoms with van der Waals surface area (Å²) in [5, 5.41) is 0. The van der Waals surface area contributed by atoms with Gasteiger partial charge in [0.2, 0.25) is 0 Å². The highest BCUT2D eigenvalue weighted by molar-refractivity contribution is 5.70. The average molecular weight is 258 g/mol. The van der Waals surface area contributed by atoms with Crippen LogP contribution in [0.25, 0.3) is 0 Å². The van der Waals surface area contributed by atoms with Crippen LogP contribution in [0.5, 0.6) is 5.75 Å². The van der Waals surface area contributed by atoms with Gasteiger partial charge in [-0.25, -0.2) is 0 Å². The molecule has 1 heterocycles. The van der Waals surface area contributed by atoms with Crippen molar-refractivity contribution in [1.29, 1.82) is 0 Å². The van der Waals surface area contributed by atoms with Gasteiger partial charge < -0.3 is 9.15 Å². The summed E-state index contributed by atoms with van der Waals surface area (Å²) in [6.45, 7) is 6.84. The average Bonchev–Trinajstić information content (AvgIpc) is 2.84. The van der Waals surface area contributed by atoms with Gasteiger partial charge in [-0.15, -0.1) is 0 Å². The van der Waals surface area contributed by atoms with Crippen LogP contribution in [0.4, 0.5) is 0 Å². The SMILES string of the molecule is CC(C)(C)c1ccc(OCc2ccc(C=O)o2)cc1. The fourth-order valence-electron chi connectivity index (χ4n) is 1.74. The fraction of sp³-hybridized carbons (Fsp3) is 0.312. The lowest BCUT2D eigenvalue weighted by Gasteiger charge is -2.19. The van der Waals surface area contributed by atoms with E-state index in [1.54, 1.807) is 12.1 Å². The molecule has 0 fully saturated rings. The van der Waals surface area contributed by atoms with Crippen molar-refractivity contribution in [1.82, 2.24) is 0 Å². The van der Waals surface area contributed by atoms with Crippen LogP contribution in [0.15, 0.2) is 40.8 Å². The monoisotopic (exact) mass is 258 g/mol. The van der Waals surface area contributed by atoms with Gasteiger partial charge in [-0.3, -0.25) is 4.79 Å². The van der Waals surface area contributed by atoms with E-state index in [0.717, 1.165) is 5.75 Å². The van der Waals surface area contributed by atoms with Gasteiger partial charge in [0.1, 0.15) is 18.1 Å². The predicted molar refractivity (Wildman–Crippen MR) is 73.6 cm³/mol. The Kier molecular flexibility index (Phi) is 3.74. The molecule has 2 aromatic rings. The van der Waals surface area contributed by atoms with Crippen LogP contribution < -0.4 is 4.74 Å². The predicted octanol–water partition coefficient (Wildman–Crippen LogP) is 3.97. The Morgan fingerprint density at radius 3 is 2.32 bits per heavy atom. The van der Waals surface area contributed by atoms with Gasteiger partial charge in [0.25, 0.3) is 0 Å². The molecule has 0 amide bonds. The number of carbonyl (C=O) groups is 1. The third-order valence-corrected chi connectivity index (χ3v) is 2.90. The van der Waals surface area contributed by atoms with Crippen molar-refractivity contribution in [3.63, 3.8) is 0 Å². The Morgan fingerprint density at radius 2 is 1.79 bits per heavy atom. The topological polar surface area (TPSA) is 39.4 Å². The first kappa shape index (κ1) is 13.4. The van der Waals surface area contributed by atoms with Crippen molar-refractivity contribution in [2.45, 2.75) is 32.8 Å². The van der Waals surface area contributed by atoms with Gasteiger partial charge >= 0.3 is 0 Å². The Balaban J connectivity index is 1.98. The van der Waals surface area contributed by atoms with Crippen LogP contribution in [0.2, 0.25) is 0 Å². The quantitative estimate of drug-likeness (QED) is 0.779. The summed E-state index contributed by atoms with van der Waals surface area (Å²) in [5.74, 6) is 1.75. The number of ether oxygens (including phenoxy) is 1. The summed E-state index contributed by atoms with van der Waals surface area (Å²) in [5.41, 5.74) is 1.40. The van der Waals surface area contributed by atoms with Gasteiger partial charge in [0.05, 0.1) is 0 Å². The fourth-order valence-corrected chi connectivity index (χ4v) is 1.74. The van der Waals surface area contributed by atoms with Gasteiger partial charge in [-0.1, -0.05) is 32.9 Å². The van der Waals surface area contributed by atoms with Crippen molar-refractivity contribution >= 4 is 6.29 Å². The van der Waals surface area contributed by atoms with Crippen molar-refractivity contribution in [3.8, 4) is 5.75 Å². The Labute approximate surface area is 113 Å². The summed E-state index contributed by atoms with van der Waals surface area (Å²) in [6, 6.07) is 11.4. The lowest BCUT2D eigenvalue weighted by Crippen LogP contribution is -2.10. The summed E-state index contributed by atoms with van der Waals surface area (Å²) in [7, 11) is 0. The van der Waals surface area contributed by atoms with E-state index in [0.29, 0.717) is 24.4 Å². The molecule has 0 N–H and O–H groups in total. The largest absolute Gasteiger partial charge is 0.486 e. The molecule has 19 heavy (non-hydrogen) atoms. The summed E-state index contributed by atoms with van der Waals surface area (Å²) >= 11 is 0. The number of hydrogen-bond acceptors (Lipinski definition) is 3. The van der Waals surface area contributed by atoms with E-state index in [9.17, 15) is 4.79 Å². The molecule has 0 aliphatic rings. The maximum Gasteiger partial charge on any atom is 0.185 e. The number of rotatable bonds is 4. The van der Waals surface area contributed by atoms with Crippen molar-refractivity contribution in [2.75, 3.05) is 0 Å². The van der Waals surface area contributed by atoms with Gasteiger partial charge in [0.15, 0.2) is 12.0 Å². The van der Waals surface area contributed by atoms with Crippen molar-refractivity contribution in [3.05, 3.63) is 53.5 Å². The zero-order valence-corrected chi connectivity index (χ0v) is 11.5. The molecule has 1 aromatic heterocycles. The molecule has 2 rings (SSSR count). The highest BCUT2D eigenvalue weighted by atomic mass is 16.5. The minimum absolute atomic E-state index is 0.137. The molecule has 0 spiro atoms. The van der Waals surface area contributed by atoms with Crippen molar-refractivity contribution in [2.24, 2.45) is 0 Å². The molecule has 1 aromatic carbocycles. The second-order valence-corrected chi connectivity index (χ2v) is 5.48. The zero-order valence-electron chi connectivity index (χ0n) is 11.5. The van der Waals surface area contributed by atoms with E-state index in [1.165, 1.54) is 5.56 Å². The first-order valence-electron chi connectivity index (χ1n) is 6.26. The van der Waals surface area contributed by atoms with E-state index in [-0.39, 0.29) is 5.41 Å². The molecule has 0 aliphatic carbocycles. The van der Waals surface area contributed by atoms with Gasteiger partial charge in [-0.2, -0.15) is 0 Å². The Bertz CT molecular complexity index is 544. The smallest absolute Gasteiger partial charge is 0.185 e. The second kappa shape index (κ2) is 5.31. The van der Waals surface area contributed by atoms with Crippen LogP contribution in [0, 0.1) is 0 Å². The summed E-state index contributed by atoms with van der Waals surface area (Å²) in [4.78, 5) is 10.5. The highest BCUT2D eigenvalue weighted by Gasteiger charge is 2.13. The molecule has 3 heteroatoms. The number of furan rings is 1. The number of benzene rings is 1. The first-order chi connectivity index (χ1) is 8.99. The normalized spacial score (nSPS) is 11.3. The molecular weight excluding hydrogens is 240 g/mol. The summed E-state index contributed by atoms with van der Waals surface area (Å²) < 4.78 is 10.8. The molecule has 0 bridgehead atoms. The van der Waals surface area contributed by atoms with Crippen LogP contribution in [0.3, 0.4) is 0 Å². The van der Waals surface area contributed by atoms with E-state index < -0.39 is 0 Å². The number of carbonyl (C=O) groups excluding carboxylic acids is 1. The van der Waals surface area contributed by atoms with Crippen LogP contribution >= 0.6 is 0 Å². The standard InChI is InChI=1S/C16H18O3/c1-16(2,3)12-4-6-13(7-5-12)18-11-15-9-8-14(10-17)19-15/h4-10H,11H2,1-3H3. The zero-order chi connectivity index (χ0) is 13.9. The molecule has 0 saturated carbocycles. The lowest BCUT2D eigenvalue weighted by molar-refractivity contribution is 0.109. The van der Waals surface area contributed by atoms with Crippen molar-refractivity contribution < 1.29 is 13.9 Å². The molecule has 0 radical (unpaired) electrons. The van der Waals surface area contributed by atoms with Gasteiger partial charge in [0, 0.05) is 0 Å². The van der Waals surface area contributed by atoms with Crippen LogP contribution in [-0.4, -0.2) is 6.29 Å². The van der Waals surface area contributed by atoms with Crippen LogP contribution in [-0.2, 0) is 12.0 Å². The molecule has 100 valence electrons. The molecule has 0 saturated heterocycles. The molecule has 3 nitrogen and oxygen atoms in total. The third-order valence-electron chi connectivity index (χ3n) is 2.90. The Morgan fingerprint density at radius 1 is 1.11 bits per heavy atom.